The van der Waals surface area contributed by atoms with Gasteiger partial charge in [0.25, 0.3) is 10.0 Å². The number of benzene rings is 2. The van der Waals surface area contributed by atoms with Crippen LogP contribution < -0.4 is 5.32 Å². The molecular formula is C27H30N2O5S. The van der Waals surface area contributed by atoms with Crippen molar-refractivity contribution in [3.8, 4) is 0 Å². The number of ether oxygens (including phenoxy) is 1. The molecule has 1 saturated carbocycles. The summed E-state index contributed by atoms with van der Waals surface area (Å²) in [6.45, 7) is 3.87. The highest BCUT2D eigenvalue weighted by atomic mass is 32.2. The maximum Gasteiger partial charge on any atom is 0.311 e. The van der Waals surface area contributed by atoms with Crippen molar-refractivity contribution in [3.05, 3.63) is 65.9 Å². The van der Waals surface area contributed by atoms with Crippen LogP contribution in [0.25, 0.3) is 10.9 Å². The number of nitrogens with one attached hydrogen (secondary N) is 1. The normalized spacial score (nSPS) is 24.6. The summed E-state index contributed by atoms with van der Waals surface area (Å²) in [5.41, 5.74) is 1.83. The quantitative estimate of drug-likeness (QED) is 0.533. The van der Waals surface area contributed by atoms with Crippen LogP contribution in [0.1, 0.15) is 49.9 Å². The van der Waals surface area contributed by atoms with Crippen molar-refractivity contribution < 1.29 is 22.7 Å². The molecule has 1 aromatic heterocycles. The van der Waals surface area contributed by atoms with Crippen molar-refractivity contribution in [1.82, 2.24) is 9.29 Å². The maximum atomic E-state index is 14.0. The Hall–Kier alpha value is -3.13. The highest BCUT2D eigenvalue weighted by Gasteiger charge is 2.50. The number of nitrogens with zero attached hydrogens (tertiary/aromatic N) is 1. The topological polar surface area (TPSA) is 94.5 Å². The lowest BCUT2D eigenvalue weighted by Crippen LogP contribution is -2.54. The summed E-state index contributed by atoms with van der Waals surface area (Å²) in [6.07, 6.45) is 3.34. The first-order valence-corrected chi connectivity index (χ1v) is 13.7. The van der Waals surface area contributed by atoms with Gasteiger partial charge in [-0.3, -0.25) is 9.59 Å². The van der Waals surface area contributed by atoms with Gasteiger partial charge < -0.3 is 10.1 Å². The van der Waals surface area contributed by atoms with Gasteiger partial charge in [-0.1, -0.05) is 48.7 Å². The fraction of sp³-hybridized carbons (Fsp3) is 0.407. The zero-order valence-electron chi connectivity index (χ0n) is 19.9. The Balaban J connectivity index is 1.71. The fourth-order valence-electron chi connectivity index (χ4n) is 5.77. The van der Waals surface area contributed by atoms with Gasteiger partial charge in [0.2, 0.25) is 5.91 Å². The summed E-state index contributed by atoms with van der Waals surface area (Å²) in [4.78, 5) is 26.6. The number of amides is 1. The second-order valence-corrected chi connectivity index (χ2v) is 11.3. The van der Waals surface area contributed by atoms with Crippen molar-refractivity contribution in [2.24, 2.45) is 17.8 Å². The highest BCUT2D eigenvalue weighted by Crippen LogP contribution is 2.46. The lowest BCUT2D eigenvalue weighted by molar-refractivity contribution is -0.158. The minimum absolute atomic E-state index is 0.121. The van der Waals surface area contributed by atoms with Gasteiger partial charge in [0.1, 0.15) is 0 Å². The van der Waals surface area contributed by atoms with E-state index >= 15 is 0 Å². The molecule has 1 N–H and O–H groups in total. The van der Waals surface area contributed by atoms with E-state index in [0.29, 0.717) is 11.2 Å². The van der Waals surface area contributed by atoms with Gasteiger partial charge in [0.05, 0.1) is 34.7 Å². The average molecular weight is 495 g/mol. The zero-order valence-corrected chi connectivity index (χ0v) is 20.8. The molecule has 35 heavy (non-hydrogen) atoms. The predicted octanol–water partition coefficient (Wildman–Crippen LogP) is 4.34. The Morgan fingerprint density at radius 2 is 1.80 bits per heavy atom. The minimum Gasteiger partial charge on any atom is -0.466 e. The summed E-state index contributed by atoms with van der Waals surface area (Å²) in [5.74, 6) is -1.62. The van der Waals surface area contributed by atoms with Gasteiger partial charge >= 0.3 is 5.97 Å². The first kappa shape index (κ1) is 23.6. The molecule has 2 fully saturated rings. The van der Waals surface area contributed by atoms with Gasteiger partial charge in [-0.25, -0.2) is 12.4 Å². The van der Waals surface area contributed by atoms with Gasteiger partial charge in [-0.2, -0.15) is 0 Å². The number of esters is 1. The van der Waals surface area contributed by atoms with Crippen molar-refractivity contribution >= 4 is 32.8 Å². The van der Waals surface area contributed by atoms with Crippen LogP contribution in [-0.4, -0.2) is 30.9 Å². The van der Waals surface area contributed by atoms with Crippen molar-refractivity contribution in [2.75, 3.05) is 6.61 Å². The molecule has 1 aliphatic heterocycles. The number of carbonyl (C=O) groups is 2. The molecule has 4 atom stereocenters. The number of para-hydroxylation sites is 1. The average Bonchev–Trinajstić information content (AvgIpc) is 3.25. The molecular weight excluding hydrogens is 464 g/mol. The van der Waals surface area contributed by atoms with Crippen molar-refractivity contribution in [3.63, 3.8) is 0 Å². The van der Waals surface area contributed by atoms with E-state index < -0.39 is 22.0 Å². The molecule has 7 nitrogen and oxygen atoms in total. The largest absolute Gasteiger partial charge is 0.466 e. The monoisotopic (exact) mass is 494 g/mol. The van der Waals surface area contributed by atoms with E-state index in [1.165, 1.54) is 3.97 Å². The molecule has 184 valence electrons. The van der Waals surface area contributed by atoms with E-state index in [0.717, 1.165) is 36.6 Å². The number of carbonyl (C=O) groups excluding carboxylic acids is 2. The summed E-state index contributed by atoms with van der Waals surface area (Å²) >= 11 is 0. The first-order chi connectivity index (χ1) is 16.8. The Morgan fingerprint density at radius 3 is 2.54 bits per heavy atom. The molecule has 2 aromatic carbocycles. The third-order valence-corrected chi connectivity index (χ3v) is 9.16. The smallest absolute Gasteiger partial charge is 0.311 e. The van der Waals surface area contributed by atoms with Crippen LogP contribution in [0, 0.1) is 24.7 Å². The van der Waals surface area contributed by atoms with Crippen molar-refractivity contribution in [1.29, 1.82) is 0 Å². The molecule has 0 radical (unpaired) electrons. The van der Waals surface area contributed by atoms with Crippen LogP contribution in [0.2, 0.25) is 0 Å². The van der Waals surface area contributed by atoms with E-state index in [2.05, 4.69) is 5.32 Å². The number of aromatic nitrogens is 1. The number of hydrogen-bond donors (Lipinski definition) is 1. The highest BCUT2D eigenvalue weighted by molar-refractivity contribution is 7.90. The lowest BCUT2D eigenvalue weighted by atomic mass is 9.66. The zero-order chi connectivity index (χ0) is 24.7. The third-order valence-electron chi connectivity index (χ3n) is 7.40. The molecule has 1 aliphatic carbocycles. The van der Waals surface area contributed by atoms with E-state index in [1.807, 2.05) is 19.1 Å². The number of hydrogen-bond acceptors (Lipinski definition) is 5. The summed E-state index contributed by atoms with van der Waals surface area (Å²) in [5, 5.41) is 3.75. The SMILES string of the molecule is CCOC(=O)[C@@H]1[C@H]2CCCC[C@@H]2C(=O)N[C@@H]1c1cc2ccccc2n1S(=O)(=O)c1ccc(C)cc1. The van der Waals surface area contributed by atoms with Gasteiger partial charge in [0.15, 0.2) is 0 Å². The molecule has 2 heterocycles. The molecule has 2 aliphatic rings. The van der Waals surface area contributed by atoms with E-state index in [-0.39, 0.29) is 35.2 Å². The van der Waals surface area contributed by atoms with Gasteiger partial charge in [-0.05, 0) is 56.9 Å². The molecule has 0 bridgehead atoms. The minimum atomic E-state index is -4.01. The molecule has 1 saturated heterocycles. The predicted molar refractivity (Wildman–Crippen MR) is 132 cm³/mol. The van der Waals surface area contributed by atoms with Gasteiger partial charge in [0, 0.05) is 11.3 Å². The first-order valence-electron chi connectivity index (χ1n) is 12.2. The van der Waals surface area contributed by atoms with Crippen LogP contribution in [0.3, 0.4) is 0 Å². The van der Waals surface area contributed by atoms with Crippen LogP contribution in [-0.2, 0) is 24.3 Å². The van der Waals surface area contributed by atoms with Crippen molar-refractivity contribution in [2.45, 2.75) is 50.5 Å². The molecule has 0 spiro atoms. The Morgan fingerprint density at radius 1 is 1.09 bits per heavy atom. The Kier molecular flexibility index (Phi) is 6.17. The third kappa shape index (κ3) is 4.03. The molecule has 3 aromatic rings. The van der Waals surface area contributed by atoms with Gasteiger partial charge in [-0.15, -0.1) is 0 Å². The molecule has 1 amide bonds. The van der Waals surface area contributed by atoms with Crippen LogP contribution in [0.15, 0.2) is 59.5 Å². The molecule has 0 unspecified atom stereocenters. The second-order valence-electron chi connectivity index (χ2n) is 9.53. The van der Waals surface area contributed by atoms with Crippen LogP contribution >= 0.6 is 0 Å². The summed E-state index contributed by atoms with van der Waals surface area (Å²) in [7, 11) is -4.01. The Bertz CT molecular complexity index is 1380. The van der Waals surface area contributed by atoms with E-state index in [1.54, 1.807) is 49.4 Å². The van der Waals surface area contributed by atoms with E-state index in [4.69, 9.17) is 4.74 Å². The summed E-state index contributed by atoms with van der Waals surface area (Å²) in [6, 6.07) is 14.9. The molecule has 8 heteroatoms. The fourth-order valence-corrected chi connectivity index (χ4v) is 7.33. The maximum absolute atomic E-state index is 14.0. The van der Waals surface area contributed by atoms with Crippen LogP contribution in [0.4, 0.5) is 0 Å². The number of piperidine rings is 1. The number of aryl methyl sites for hydroxylation is 1. The second kappa shape index (κ2) is 9.15. The van der Waals surface area contributed by atoms with Crippen LogP contribution in [0.5, 0.6) is 0 Å². The van der Waals surface area contributed by atoms with E-state index in [9.17, 15) is 18.0 Å². The lowest BCUT2D eigenvalue weighted by Gasteiger charge is -2.44. The standard InChI is InChI=1S/C27H30N2O5S/c1-3-34-27(31)24-20-9-5-6-10-21(20)26(30)28-25(24)23-16-18-8-4-7-11-22(18)29(23)35(32,33)19-14-12-17(2)13-15-19/h4,7-8,11-16,20-21,24-25H,3,5-6,9-10H2,1-2H3,(H,28,30)/t20-,21-,24+,25+/m0/s1. The Labute approximate surface area is 205 Å². The molecule has 5 rings (SSSR count). The summed E-state index contributed by atoms with van der Waals surface area (Å²) < 4.78 is 34.7. The number of fused-ring (bicyclic) bond motifs is 2. The number of rotatable bonds is 5.